The average Bonchev–Trinajstić information content (AvgIpc) is 3.44. The van der Waals surface area contributed by atoms with Gasteiger partial charge in [-0.2, -0.15) is 0 Å². The van der Waals surface area contributed by atoms with Gasteiger partial charge in [-0.15, -0.1) is 0 Å². The Hall–Kier alpha value is -3.18. The van der Waals surface area contributed by atoms with Crippen LogP contribution in [0.5, 0.6) is 0 Å². The van der Waals surface area contributed by atoms with Crippen molar-refractivity contribution in [2.75, 3.05) is 12.9 Å². The van der Waals surface area contributed by atoms with Crippen LogP contribution in [-0.2, 0) is 21.2 Å². The molecule has 1 aromatic heterocycles. The highest BCUT2D eigenvalue weighted by Crippen LogP contribution is 2.51. The maximum Gasteiger partial charge on any atom is 0.264 e. The maximum atomic E-state index is 12.8. The summed E-state index contributed by atoms with van der Waals surface area (Å²) < 4.78 is 23.5. The van der Waals surface area contributed by atoms with E-state index < -0.39 is 26.1 Å². The SMILES string of the molecule is CC(CCn1cnc2cc(C#CC#C[C@]3(C)C[C@H]3CO)ccc2c1=O)(C(=O)NO)S(C)(=O)=O. The van der Waals surface area contributed by atoms with Gasteiger partial charge in [0.15, 0.2) is 14.6 Å². The van der Waals surface area contributed by atoms with E-state index in [0.29, 0.717) is 16.5 Å². The molecule has 0 spiro atoms. The first kappa shape index (κ1) is 24.5. The normalized spacial score (nSPS) is 21.2. The molecular weight excluding hydrogens is 446 g/mol. The summed E-state index contributed by atoms with van der Waals surface area (Å²) in [7, 11) is -3.87. The van der Waals surface area contributed by atoms with E-state index in [1.807, 2.05) is 6.92 Å². The first-order valence-corrected chi connectivity index (χ1v) is 12.1. The van der Waals surface area contributed by atoms with E-state index in [1.54, 1.807) is 18.2 Å². The van der Waals surface area contributed by atoms with Gasteiger partial charge in [-0.25, -0.2) is 18.9 Å². The monoisotopic (exact) mass is 471 g/mol. The Balaban J connectivity index is 1.81. The van der Waals surface area contributed by atoms with Crippen molar-refractivity contribution in [2.24, 2.45) is 11.3 Å². The number of carbonyl (C=O) groups excluding carboxylic acids is 1. The zero-order valence-electron chi connectivity index (χ0n) is 18.5. The predicted molar refractivity (Wildman–Crippen MR) is 122 cm³/mol. The second kappa shape index (κ2) is 8.99. The van der Waals surface area contributed by atoms with Crippen LogP contribution in [0, 0.1) is 35.0 Å². The molecule has 1 saturated carbocycles. The molecule has 0 aliphatic heterocycles. The van der Waals surface area contributed by atoms with Crippen LogP contribution in [-0.4, -0.2) is 51.8 Å². The molecule has 1 aliphatic carbocycles. The number of amides is 1. The molecule has 1 fully saturated rings. The summed E-state index contributed by atoms with van der Waals surface area (Å²) in [6.07, 6.45) is 2.80. The molecule has 33 heavy (non-hydrogen) atoms. The van der Waals surface area contributed by atoms with Crippen molar-refractivity contribution in [2.45, 2.75) is 38.0 Å². The number of hydroxylamine groups is 1. The standard InChI is InChI=1S/C23H25N3O6S/c1-22(13-17(22)14-27)9-5-4-6-16-7-8-18-19(12-16)24-15-26(20(18)28)11-10-23(2,21(29)25-30)33(3,31)32/h7-8,12,15,17,27,30H,10-11,13-14H2,1-3H3,(H,25,29)/t17-,22+,23?/m0/s1. The van der Waals surface area contributed by atoms with Crippen molar-refractivity contribution in [3.63, 3.8) is 0 Å². The summed E-state index contributed by atoms with van der Waals surface area (Å²) in [5.41, 5.74) is 1.86. The van der Waals surface area contributed by atoms with Gasteiger partial charge in [0.2, 0.25) is 0 Å². The fourth-order valence-electron chi connectivity index (χ4n) is 3.46. The Bertz CT molecular complexity index is 1390. The van der Waals surface area contributed by atoms with Crippen molar-refractivity contribution >= 4 is 26.6 Å². The lowest BCUT2D eigenvalue weighted by atomic mass is 10.1. The summed E-state index contributed by atoms with van der Waals surface area (Å²) in [6, 6.07) is 4.91. The molecule has 2 aromatic rings. The Morgan fingerprint density at radius 2 is 2.12 bits per heavy atom. The lowest BCUT2D eigenvalue weighted by molar-refractivity contribution is -0.131. The van der Waals surface area contributed by atoms with Crippen LogP contribution in [0.3, 0.4) is 0 Å². The number of aliphatic hydroxyl groups excluding tert-OH is 1. The quantitative estimate of drug-likeness (QED) is 0.316. The van der Waals surface area contributed by atoms with E-state index in [9.17, 15) is 23.1 Å². The number of sulfone groups is 1. The van der Waals surface area contributed by atoms with Crippen molar-refractivity contribution in [3.8, 4) is 23.7 Å². The zero-order chi connectivity index (χ0) is 24.4. The Morgan fingerprint density at radius 1 is 1.39 bits per heavy atom. The third kappa shape index (κ3) is 4.93. The molecule has 1 aromatic carbocycles. The summed E-state index contributed by atoms with van der Waals surface area (Å²) in [6.45, 7) is 3.20. The first-order chi connectivity index (χ1) is 15.4. The second-order valence-corrected chi connectivity index (χ2v) is 11.1. The summed E-state index contributed by atoms with van der Waals surface area (Å²) in [5, 5.41) is 18.4. The Labute approximate surface area is 191 Å². The lowest BCUT2D eigenvalue weighted by Gasteiger charge is -2.25. The third-order valence-electron chi connectivity index (χ3n) is 6.30. The maximum absolute atomic E-state index is 12.8. The number of hydrogen-bond acceptors (Lipinski definition) is 7. The molecule has 9 nitrogen and oxygen atoms in total. The minimum Gasteiger partial charge on any atom is -0.396 e. The number of nitrogens with one attached hydrogen (secondary N) is 1. The minimum atomic E-state index is -3.87. The number of aryl methyl sites for hydroxylation is 1. The fourth-order valence-corrected chi connectivity index (χ4v) is 4.31. The zero-order valence-corrected chi connectivity index (χ0v) is 19.4. The highest BCUT2D eigenvalue weighted by molar-refractivity contribution is 7.92. The second-order valence-electron chi connectivity index (χ2n) is 8.67. The van der Waals surface area contributed by atoms with Gasteiger partial charge in [-0.3, -0.25) is 19.4 Å². The molecule has 3 N–H and O–H groups in total. The van der Waals surface area contributed by atoms with E-state index >= 15 is 0 Å². The molecule has 174 valence electrons. The van der Waals surface area contributed by atoms with Crippen LogP contribution < -0.4 is 11.0 Å². The smallest absolute Gasteiger partial charge is 0.264 e. The van der Waals surface area contributed by atoms with Gasteiger partial charge < -0.3 is 5.11 Å². The van der Waals surface area contributed by atoms with Crippen molar-refractivity contribution < 1.29 is 23.5 Å². The highest BCUT2D eigenvalue weighted by Gasteiger charge is 2.48. The number of aromatic nitrogens is 2. The number of fused-ring (bicyclic) bond motifs is 1. The molecule has 1 heterocycles. The predicted octanol–water partition coefficient (Wildman–Crippen LogP) is 0.469. The van der Waals surface area contributed by atoms with Crippen LogP contribution in [0.2, 0.25) is 0 Å². The van der Waals surface area contributed by atoms with Gasteiger partial charge in [0.25, 0.3) is 11.5 Å². The molecule has 0 saturated heterocycles. The lowest BCUT2D eigenvalue weighted by Crippen LogP contribution is -2.50. The van der Waals surface area contributed by atoms with Crippen molar-refractivity contribution in [3.05, 3.63) is 40.4 Å². The average molecular weight is 472 g/mol. The van der Waals surface area contributed by atoms with Gasteiger partial charge in [0.1, 0.15) is 0 Å². The number of carbonyl (C=O) groups is 1. The van der Waals surface area contributed by atoms with E-state index in [1.165, 1.54) is 23.3 Å². The van der Waals surface area contributed by atoms with Crippen LogP contribution in [0.25, 0.3) is 10.9 Å². The van der Waals surface area contributed by atoms with E-state index in [2.05, 4.69) is 28.7 Å². The molecule has 1 aliphatic rings. The molecule has 1 amide bonds. The molecule has 1 unspecified atom stereocenters. The number of rotatable bonds is 6. The van der Waals surface area contributed by atoms with Crippen molar-refractivity contribution in [1.82, 2.24) is 15.0 Å². The summed E-state index contributed by atoms with van der Waals surface area (Å²) in [5.74, 6) is 10.7. The van der Waals surface area contributed by atoms with E-state index in [4.69, 9.17) is 5.21 Å². The largest absolute Gasteiger partial charge is 0.396 e. The third-order valence-corrected chi connectivity index (χ3v) is 8.33. The number of benzene rings is 1. The minimum absolute atomic E-state index is 0.0937. The Morgan fingerprint density at radius 3 is 2.73 bits per heavy atom. The van der Waals surface area contributed by atoms with Gasteiger partial charge in [0.05, 0.1) is 17.2 Å². The molecule has 0 bridgehead atoms. The molecular formula is C23H25N3O6S. The topological polar surface area (TPSA) is 139 Å². The van der Waals surface area contributed by atoms with Crippen LogP contribution in [0.1, 0.15) is 32.3 Å². The van der Waals surface area contributed by atoms with E-state index in [-0.39, 0.29) is 30.9 Å². The van der Waals surface area contributed by atoms with Crippen LogP contribution in [0.15, 0.2) is 29.3 Å². The molecule has 3 rings (SSSR count). The van der Waals surface area contributed by atoms with Gasteiger partial charge in [-0.05, 0) is 62.6 Å². The molecule has 0 radical (unpaired) electrons. The van der Waals surface area contributed by atoms with Crippen molar-refractivity contribution in [1.29, 1.82) is 0 Å². The number of aliphatic hydroxyl groups is 1. The van der Waals surface area contributed by atoms with Crippen LogP contribution >= 0.6 is 0 Å². The first-order valence-electron chi connectivity index (χ1n) is 10.2. The number of nitrogens with zero attached hydrogens (tertiary/aromatic N) is 2. The Kier molecular flexibility index (Phi) is 6.66. The highest BCUT2D eigenvalue weighted by atomic mass is 32.2. The van der Waals surface area contributed by atoms with Gasteiger partial charge in [0, 0.05) is 30.4 Å². The van der Waals surface area contributed by atoms with Gasteiger partial charge in [-0.1, -0.05) is 11.8 Å². The number of hydrogen-bond donors (Lipinski definition) is 3. The van der Waals surface area contributed by atoms with E-state index in [0.717, 1.165) is 12.7 Å². The van der Waals surface area contributed by atoms with Crippen LogP contribution in [0.4, 0.5) is 0 Å². The summed E-state index contributed by atoms with van der Waals surface area (Å²) >= 11 is 0. The molecule has 3 atom stereocenters. The molecule has 10 heteroatoms. The van der Waals surface area contributed by atoms with Gasteiger partial charge >= 0.3 is 0 Å². The fraction of sp³-hybridized carbons (Fsp3) is 0.435. The summed E-state index contributed by atoms with van der Waals surface area (Å²) in [4.78, 5) is 29.0.